The van der Waals surface area contributed by atoms with Crippen LogP contribution < -0.4 is 5.32 Å². The molecule has 3 heterocycles. The van der Waals surface area contributed by atoms with Gasteiger partial charge in [-0.05, 0) is 30.7 Å². The number of nitrogens with zero attached hydrogens (tertiary/aromatic N) is 3. The second kappa shape index (κ2) is 7.44. The lowest BCUT2D eigenvalue weighted by Crippen LogP contribution is -2.27. The minimum Gasteiger partial charge on any atom is -0.332 e. The van der Waals surface area contributed by atoms with Gasteiger partial charge < -0.3 is 14.6 Å². The Morgan fingerprint density at radius 1 is 1.26 bits per heavy atom. The lowest BCUT2D eigenvalue weighted by molar-refractivity contribution is -0.116. The van der Waals surface area contributed by atoms with Crippen LogP contribution in [0.5, 0.6) is 0 Å². The number of benzene rings is 1. The Bertz CT molecular complexity index is 997. The third kappa shape index (κ3) is 3.83. The molecule has 0 radical (unpaired) electrons. The lowest BCUT2D eigenvalue weighted by atomic mass is 10.1. The molecule has 1 aliphatic rings. The molecule has 0 unspecified atom stereocenters. The molecule has 2 aromatic heterocycles. The van der Waals surface area contributed by atoms with Crippen LogP contribution in [-0.2, 0) is 4.79 Å². The largest absolute Gasteiger partial charge is 0.332 e. The molecular weight excluding hydrogens is 360 g/mol. The number of anilines is 1. The maximum absolute atomic E-state index is 12.1. The van der Waals surface area contributed by atoms with Gasteiger partial charge in [0.05, 0.1) is 5.69 Å². The Hall–Kier alpha value is -2.80. The Morgan fingerprint density at radius 2 is 2.07 bits per heavy atom. The SMILES string of the molecule is Cc1cccn2cc(-c3ccc(NC(=O)CCN4CCSC4=O)cc3)nc12. The number of fused-ring (bicyclic) bond motifs is 1. The van der Waals surface area contributed by atoms with Gasteiger partial charge in [0.15, 0.2) is 0 Å². The maximum Gasteiger partial charge on any atom is 0.281 e. The number of aromatic nitrogens is 2. The first-order chi connectivity index (χ1) is 13.1. The lowest BCUT2D eigenvalue weighted by Gasteiger charge is -2.14. The normalized spacial score (nSPS) is 14.1. The van der Waals surface area contributed by atoms with E-state index in [2.05, 4.69) is 10.3 Å². The smallest absolute Gasteiger partial charge is 0.281 e. The summed E-state index contributed by atoms with van der Waals surface area (Å²) in [6, 6.07) is 11.7. The van der Waals surface area contributed by atoms with Gasteiger partial charge in [0.1, 0.15) is 5.65 Å². The highest BCUT2D eigenvalue weighted by Gasteiger charge is 2.21. The number of hydrogen-bond acceptors (Lipinski definition) is 4. The van der Waals surface area contributed by atoms with Crippen LogP contribution in [0.1, 0.15) is 12.0 Å². The van der Waals surface area contributed by atoms with Crippen LogP contribution in [0, 0.1) is 6.92 Å². The molecule has 0 spiro atoms. The molecule has 27 heavy (non-hydrogen) atoms. The summed E-state index contributed by atoms with van der Waals surface area (Å²) in [5.41, 5.74) is 4.70. The van der Waals surface area contributed by atoms with E-state index >= 15 is 0 Å². The van der Waals surface area contributed by atoms with Crippen molar-refractivity contribution in [2.24, 2.45) is 0 Å². The van der Waals surface area contributed by atoms with E-state index in [4.69, 9.17) is 0 Å². The van der Waals surface area contributed by atoms with Crippen molar-refractivity contribution in [3.8, 4) is 11.3 Å². The van der Waals surface area contributed by atoms with E-state index in [1.54, 1.807) is 4.90 Å². The molecule has 0 aliphatic carbocycles. The van der Waals surface area contributed by atoms with Crippen molar-refractivity contribution in [3.63, 3.8) is 0 Å². The fraction of sp³-hybridized carbons (Fsp3) is 0.250. The number of pyridine rings is 1. The quantitative estimate of drug-likeness (QED) is 0.731. The third-order valence-electron chi connectivity index (χ3n) is 4.60. The molecule has 1 fully saturated rings. The van der Waals surface area contributed by atoms with Gasteiger partial charge in [0, 0.05) is 48.9 Å². The molecular formula is C20H20N4O2S. The summed E-state index contributed by atoms with van der Waals surface area (Å²) in [5, 5.41) is 2.95. The Kier molecular flexibility index (Phi) is 4.85. The second-order valence-corrected chi connectivity index (χ2v) is 7.57. The molecule has 1 aliphatic heterocycles. The number of rotatable bonds is 5. The van der Waals surface area contributed by atoms with Crippen LogP contribution in [0.2, 0.25) is 0 Å². The number of carbonyl (C=O) groups is 2. The third-order valence-corrected chi connectivity index (χ3v) is 5.49. The minimum atomic E-state index is -0.0872. The first kappa shape index (κ1) is 17.6. The number of aryl methyl sites for hydroxylation is 1. The predicted molar refractivity (Wildman–Crippen MR) is 108 cm³/mol. The minimum absolute atomic E-state index is 0.0647. The van der Waals surface area contributed by atoms with Gasteiger partial charge in [-0.1, -0.05) is 30.0 Å². The zero-order chi connectivity index (χ0) is 18.8. The van der Waals surface area contributed by atoms with E-state index < -0.39 is 0 Å². The zero-order valence-corrected chi connectivity index (χ0v) is 15.8. The Morgan fingerprint density at radius 3 is 2.78 bits per heavy atom. The van der Waals surface area contributed by atoms with Crippen molar-refractivity contribution in [1.29, 1.82) is 0 Å². The predicted octanol–water partition coefficient (Wildman–Crippen LogP) is 3.81. The van der Waals surface area contributed by atoms with Crippen LogP contribution in [0.25, 0.3) is 16.9 Å². The fourth-order valence-electron chi connectivity index (χ4n) is 3.11. The standard InChI is InChI=1S/C20H20N4O2S/c1-14-3-2-9-24-13-17(22-19(14)24)15-4-6-16(7-5-15)21-18(25)8-10-23-11-12-27-20(23)26/h2-7,9,13H,8,10-12H2,1H3,(H,21,25). The summed E-state index contributed by atoms with van der Waals surface area (Å²) < 4.78 is 2.01. The van der Waals surface area contributed by atoms with Crippen molar-refractivity contribution in [3.05, 3.63) is 54.4 Å². The van der Waals surface area contributed by atoms with Crippen molar-refractivity contribution in [2.75, 3.05) is 24.2 Å². The van der Waals surface area contributed by atoms with Gasteiger partial charge in [-0.25, -0.2) is 4.98 Å². The average molecular weight is 380 g/mol. The highest BCUT2D eigenvalue weighted by Crippen LogP contribution is 2.23. The van der Waals surface area contributed by atoms with Crippen LogP contribution in [0.3, 0.4) is 0 Å². The number of amides is 2. The van der Waals surface area contributed by atoms with Gasteiger partial charge in [0.25, 0.3) is 5.24 Å². The molecule has 1 saturated heterocycles. The summed E-state index contributed by atoms with van der Waals surface area (Å²) in [7, 11) is 0. The van der Waals surface area contributed by atoms with E-state index in [1.165, 1.54) is 11.8 Å². The van der Waals surface area contributed by atoms with Crippen LogP contribution >= 0.6 is 11.8 Å². The van der Waals surface area contributed by atoms with Gasteiger partial charge >= 0.3 is 0 Å². The summed E-state index contributed by atoms with van der Waals surface area (Å²) in [6.45, 7) is 3.24. The maximum atomic E-state index is 12.1. The first-order valence-corrected chi connectivity index (χ1v) is 9.85. The molecule has 3 aromatic rings. The highest BCUT2D eigenvalue weighted by atomic mass is 32.2. The molecule has 7 heteroatoms. The first-order valence-electron chi connectivity index (χ1n) is 8.86. The van der Waals surface area contributed by atoms with Crippen molar-refractivity contribution in [1.82, 2.24) is 14.3 Å². The Balaban J connectivity index is 1.40. The van der Waals surface area contributed by atoms with Crippen LogP contribution in [0.4, 0.5) is 10.5 Å². The van der Waals surface area contributed by atoms with Crippen molar-refractivity contribution < 1.29 is 9.59 Å². The summed E-state index contributed by atoms with van der Waals surface area (Å²) >= 11 is 1.31. The molecule has 2 amide bonds. The van der Waals surface area contributed by atoms with E-state index in [9.17, 15) is 9.59 Å². The summed E-state index contributed by atoms with van der Waals surface area (Å²) in [6.07, 6.45) is 4.29. The van der Waals surface area contributed by atoms with Gasteiger partial charge in [0.2, 0.25) is 5.91 Å². The topological polar surface area (TPSA) is 66.7 Å². The van der Waals surface area contributed by atoms with Crippen LogP contribution in [0.15, 0.2) is 48.8 Å². The van der Waals surface area contributed by atoms with Crippen LogP contribution in [-0.4, -0.2) is 44.3 Å². The summed E-state index contributed by atoms with van der Waals surface area (Å²) in [4.78, 5) is 30.1. The van der Waals surface area contributed by atoms with E-state index in [1.807, 2.05) is 60.1 Å². The Labute approximate surface area is 161 Å². The molecule has 1 N–H and O–H groups in total. The molecule has 1 aromatic carbocycles. The van der Waals surface area contributed by atoms with Gasteiger partial charge in [-0.2, -0.15) is 0 Å². The molecule has 0 bridgehead atoms. The average Bonchev–Trinajstić information content (AvgIpc) is 3.28. The second-order valence-electron chi connectivity index (χ2n) is 6.53. The molecule has 138 valence electrons. The molecule has 6 nitrogen and oxygen atoms in total. The number of thioether (sulfide) groups is 1. The number of imidazole rings is 1. The number of carbonyl (C=O) groups excluding carboxylic acids is 2. The van der Waals surface area contributed by atoms with Crippen molar-refractivity contribution >= 4 is 34.2 Å². The highest BCUT2D eigenvalue weighted by molar-refractivity contribution is 8.13. The van der Waals surface area contributed by atoms with E-state index in [-0.39, 0.29) is 11.1 Å². The van der Waals surface area contributed by atoms with E-state index in [0.29, 0.717) is 13.0 Å². The van der Waals surface area contributed by atoms with E-state index in [0.717, 1.165) is 40.5 Å². The monoisotopic (exact) mass is 380 g/mol. The molecule has 4 rings (SSSR count). The fourth-order valence-corrected chi connectivity index (χ4v) is 3.96. The summed E-state index contributed by atoms with van der Waals surface area (Å²) in [5.74, 6) is 0.723. The molecule has 0 saturated carbocycles. The van der Waals surface area contributed by atoms with Crippen molar-refractivity contribution in [2.45, 2.75) is 13.3 Å². The number of hydrogen-bond donors (Lipinski definition) is 1. The number of nitrogens with one attached hydrogen (secondary N) is 1. The zero-order valence-electron chi connectivity index (χ0n) is 15.0. The molecule has 0 atom stereocenters. The van der Waals surface area contributed by atoms with Gasteiger partial charge in [-0.3, -0.25) is 9.59 Å². The van der Waals surface area contributed by atoms with Gasteiger partial charge in [-0.15, -0.1) is 0 Å².